The van der Waals surface area contributed by atoms with Crippen LogP contribution in [-0.2, 0) is 0 Å². The number of hydrogen-bond acceptors (Lipinski definition) is 4. The number of rotatable bonds is 4. The zero-order chi connectivity index (χ0) is 14.7. The monoisotopic (exact) mass is 290 g/mol. The van der Waals surface area contributed by atoms with Gasteiger partial charge in [-0.1, -0.05) is 0 Å². The van der Waals surface area contributed by atoms with Crippen LogP contribution in [0.3, 0.4) is 0 Å². The lowest BCUT2D eigenvalue weighted by atomic mass is 10.2. The molecular weight excluding hydrogens is 270 g/mol. The maximum Gasteiger partial charge on any atom is 0.269 e. The molecule has 1 aromatic rings. The second-order valence-electron chi connectivity index (χ2n) is 5.18. The second kappa shape index (κ2) is 6.05. The molecule has 0 saturated heterocycles. The van der Waals surface area contributed by atoms with Gasteiger partial charge in [-0.05, 0) is 31.2 Å². The number of hydrogen-bond donors (Lipinski definition) is 3. The summed E-state index contributed by atoms with van der Waals surface area (Å²) in [5.41, 5.74) is 7.35. The first-order chi connectivity index (χ1) is 10.3. The smallest absolute Gasteiger partial charge is 0.269 e. The molecule has 2 aliphatic rings. The van der Waals surface area contributed by atoms with Gasteiger partial charge in [-0.25, -0.2) is 0 Å². The number of nitrogens with one attached hydrogen (secondary N) is 3. The van der Waals surface area contributed by atoms with E-state index in [4.69, 9.17) is 9.47 Å². The third kappa shape index (κ3) is 3.11. The molecular formula is C15H20N3O3+. The zero-order valence-corrected chi connectivity index (χ0v) is 12.1. The number of carbonyl (C=O) groups excluding carboxylic acids is 1. The van der Waals surface area contributed by atoms with Crippen molar-refractivity contribution in [2.45, 2.75) is 13.3 Å². The topological polar surface area (TPSA) is 64.0 Å². The Labute approximate surface area is 123 Å². The number of fused-ring (bicyclic) bond motifs is 1. The van der Waals surface area contributed by atoms with E-state index in [1.807, 2.05) is 0 Å². The fraction of sp³-hybridized carbons (Fsp3) is 0.400. The molecule has 0 saturated carbocycles. The molecule has 3 rings (SSSR count). The van der Waals surface area contributed by atoms with Gasteiger partial charge in [-0.2, -0.15) is 0 Å². The second-order valence-corrected chi connectivity index (χ2v) is 5.18. The summed E-state index contributed by atoms with van der Waals surface area (Å²) in [6.07, 6.45) is 3.09. The molecule has 2 heterocycles. The predicted molar refractivity (Wildman–Crippen MR) is 77.1 cm³/mol. The molecule has 0 radical (unpaired) electrons. The van der Waals surface area contributed by atoms with E-state index in [0.29, 0.717) is 17.1 Å². The fourth-order valence-electron chi connectivity index (χ4n) is 2.46. The first-order valence-corrected chi connectivity index (χ1v) is 7.25. The molecule has 1 aromatic carbocycles. The van der Waals surface area contributed by atoms with Crippen LogP contribution in [0, 0.1) is 0 Å². The van der Waals surface area contributed by atoms with Crippen LogP contribution in [0.1, 0.15) is 23.7 Å². The van der Waals surface area contributed by atoms with Crippen LogP contribution in [0.5, 0.6) is 11.5 Å². The van der Waals surface area contributed by atoms with Gasteiger partial charge < -0.3 is 19.8 Å². The van der Waals surface area contributed by atoms with E-state index in [0.717, 1.165) is 31.8 Å². The summed E-state index contributed by atoms with van der Waals surface area (Å²) in [6, 6.07) is 5.17. The molecule has 6 heteroatoms. The molecule has 0 aromatic heterocycles. The van der Waals surface area contributed by atoms with Crippen molar-refractivity contribution in [1.82, 2.24) is 10.9 Å². The highest BCUT2D eigenvalue weighted by molar-refractivity contribution is 5.94. The zero-order valence-electron chi connectivity index (χ0n) is 12.1. The van der Waals surface area contributed by atoms with Crippen LogP contribution >= 0.6 is 0 Å². The number of benzene rings is 1. The van der Waals surface area contributed by atoms with Gasteiger partial charge >= 0.3 is 0 Å². The Morgan fingerprint density at radius 1 is 1.33 bits per heavy atom. The van der Waals surface area contributed by atoms with Crippen LogP contribution in [0.4, 0.5) is 0 Å². The molecule has 112 valence electrons. The lowest BCUT2D eigenvalue weighted by Crippen LogP contribution is -3.12. The summed E-state index contributed by atoms with van der Waals surface area (Å²) in [6.45, 7) is 5.62. The van der Waals surface area contributed by atoms with Crippen LogP contribution < -0.4 is 25.2 Å². The van der Waals surface area contributed by atoms with E-state index >= 15 is 0 Å². The summed E-state index contributed by atoms with van der Waals surface area (Å²) in [4.78, 5) is 13.7. The van der Waals surface area contributed by atoms with E-state index in [2.05, 4.69) is 23.9 Å². The summed E-state index contributed by atoms with van der Waals surface area (Å²) in [5, 5.41) is 0. The molecule has 3 N–H and O–H groups in total. The SMILES string of the molecule is CC[NH+]1CC=C(NNC(=O)c2ccc3c(c2)OCO3)CC1. The third-order valence-corrected chi connectivity index (χ3v) is 3.86. The molecule has 2 aliphatic heterocycles. The predicted octanol–water partition coefficient (Wildman–Crippen LogP) is -0.158. The molecule has 1 unspecified atom stereocenters. The van der Waals surface area contributed by atoms with Gasteiger partial charge in [0.2, 0.25) is 6.79 Å². The van der Waals surface area contributed by atoms with Gasteiger partial charge in [0.05, 0.1) is 19.6 Å². The number of quaternary nitrogens is 1. The van der Waals surface area contributed by atoms with Gasteiger partial charge in [-0.15, -0.1) is 0 Å². The van der Waals surface area contributed by atoms with Crippen molar-refractivity contribution >= 4 is 5.91 Å². The number of ether oxygens (including phenoxy) is 2. The first kappa shape index (κ1) is 13.8. The maximum absolute atomic E-state index is 12.1. The van der Waals surface area contributed by atoms with Crippen molar-refractivity contribution < 1.29 is 19.2 Å². The van der Waals surface area contributed by atoms with Gasteiger partial charge in [-0.3, -0.25) is 10.2 Å². The number of hydrazine groups is 1. The van der Waals surface area contributed by atoms with Gasteiger partial charge in [0, 0.05) is 17.7 Å². The Morgan fingerprint density at radius 2 is 2.19 bits per heavy atom. The van der Waals surface area contributed by atoms with Crippen LogP contribution in [-0.4, -0.2) is 32.3 Å². The minimum atomic E-state index is -0.181. The van der Waals surface area contributed by atoms with Gasteiger partial charge in [0.15, 0.2) is 11.5 Å². The number of carbonyl (C=O) groups is 1. The molecule has 0 aliphatic carbocycles. The summed E-state index contributed by atoms with van der Waals surface area (Å²) >= 11 is 0. The normalized spacial score (nSPS) is 19.9. The minimum Gasteiger partial charge on any atom is -0.454 e. The van der Waals surface area contributed by atoms with Crippen molar-refractivity contribution in [3.05, 3.63) is 35.5 Å². The minimum absolute atomic E-state index is 0.181. The Morgan fingerprint density at radius 3 is 2.95 bits per heavy atom. The van der Waals surface area contributed by atoms with E-state index < -0.39 is 0 Å². The molecule has 21 heavy (non-hydrogen) atoms. The molecule has 1 atom stereocenters. The third-order valence-electron chi connectivity index (χ3n) is 3.86. The van der Waals surface area contributed by atoms with E-state index in [1.165, 1.54) is 0 Å². The highest BCUT2D eigenvalue weighted by Gasteiger charge is 2.17. The van der Waals surface area contributed by atoms with Crippen LogP contribution in [0.25, 0.3) is 0 Å². The lowest BCUT2D eigenvalue weighted by molar-refractivity contribution is -0.893. The molecule has 1 amide bonds. The number of likely N-dealkylation sites (N-methyl/N-ethyl adjacent to an activating group) is 1. The van der Waals surface area contributed by atoms with Crippen molar-refractivity contribution in [2.75, 3.05) is 26.4 Å². The van der Waals surface area contributed by atoms with E-state index in [1.54, 1.807) is 23.1 Å². The fourth-order valence-corrected chi connectivity index (χ4v) is 2.46. The average molecular weight is 290 g/mol. The molecule has 0 spiro atoms. The summed E-state index contributed by atoms with van der Waals surface area (Å²) in [7, 11) is 0. The van der Waals surface area contributed by atoms with Crippen molar-refractivity contribution in [3.8, 4) is 11.5 Å². The maximum atomic E-state index is 12.1. The highest BCUT2D eigenvalue weighted by Crippen LogP contribution is 2.32. The van der Waals surface area contributed by atoms with Crippen molar-refractivity contribution in [1.29, 1.82) is 0 Å². The standard InChI is InChI=1S/C15H19N3O3/c1-2-18-7-5-12(6-8-18)16-17-15(19)11-3-4-13-14(9-11)21-10-20-13/h3-5,9,16H,2,6-8,10H2,1H3,(H,17,19)/p+1. The van der Waals surface area contributed by atoms with Crippen molar-refractivity contribution in [3.63, 3.8) is 0 Å². The number of amides is 1. The molecule has 0 bridgehead atoms. The Hall–Kier alpha value is -2.21. The summed E-state index contributed by atoms with van der Waals surface area (Å²) in [5.74, 6) is 1.11. The molecule has 0 fully saturated rings. The largest absolute Gasteiger partial charge is 0.454 e. The van der Waals surface area contributed by atoms with Crippen LogP contribution in [0.15, 0.2) is 30.0 Å². The Kier molecular flexibility index (Phi) is 3.96. The lowest BCUT2D eigenvalue weighted by Gasteiger charge is -2.23. The molecule has 6 nitrogen and oxygen atoms in total. The summed E-state index contributed by atoms with van der Waals surface area (Å²) < 4.78 is 10.5. The van der Waals surface area contributed by atoms with E-state index in [9.17, 15) is 4.79 Å². The van der Waals surface area contributed by atoms with E-state index in [-0.39, 0.29) is 12.7 Å². The first-order valence-electron chi connectivity index (χ1n) is 7.25. The highest BCUT2D eigenvalue weighted by atomic mass is 16.7. The van der Waals surface area contributed by atoms with Crippen molar-refractivity contribution in [2.24, 2.45) is 0 Å². The average Bonchev–Trinajstić information content (AvgIpc) is 3.00. The van der Waals surface area contributed by atoms with Crippen LogP contribution in [0.2, 0.25) is 0 Å². The van der Waals surface area contributed by atoms with Gasteiger partial charge in [0.1, 0.15) is 0 Å². The van der Waals surface area contributed by atoms with Gasteiger partial charge in [0.25, 0.3) is 5.91 Å². The quantitative estimate of drug-likeness (QED) is 0.675. The Bertz CT molecular complexity index is 571. The Balaban J connectivity index is 1.56.